The van der Waals surface area contributed by atoms with Crippen LogP contribution in [0.5, 0.6) is 0 Å². The Bertz CT molecular complexity index is 447. The Morgan fingerprint density at radius 3 is 2.32 bits per heavy atom. The highest BCUT2D eigenvalue weighted by atomic mass is 16.5. The van der Waals surface area contributed by atoms with Gasteiger partial charge in [-0.25, -0.2) is 0 Å². The van der Waals surface area contributed by atoms with Gasteiger partial charge < -0.3 is 10.1 Å². The van der Waals surface area contributed by atoms with E-state index in [0.29, 0.717) is 0 Å². The zero-order valence-electron chi connectivity index (χ0n) is 12.4. The maximum Gasteiger partial charge on any atom is 0.0589 e. The number of piperidine rings is 1. The summed E-state index contributed by atoms with van der Waals surface area (Å²) in [4.78, 5) is 0. The molecule has 0 bridgehead atoms. The quantitative estimate of drug-likeness (QED) is 0.882. The Kier molecular flexibility index (Phi) is 3.40. The van der Waals surface area contributed by atoms with Crippen LogP contribution in [-0.4, -0.2) is 26.3 Å². The van der Waals surface area contributed by atoms with Gasteiger partial charge in [0.05, 0.1) is 13.2 Å². The van der Waals surface area contributed by atoms with Crippen LogP contribution in [0.3, 0.4) is 0 Å². The first-order valence-corrected chi connectivity index (χ1v) is 7.50. The molecular weight excluding hydrogens is 234 g/mol. The van der Waals surface area contributed by atoms with Crippen molar-refractivity contribution in [1.82, 2.24) is 5.32 Å². The van der Waals surface area contributed by atoms with Crippen molar-refractivity contribution in [3.05, 3.63) is 34.4 Å². The summed E-state index contributed by atoms with van der Waals surface area (Å²) in [5.74, 6) is 0.732. The summed E-state index contributed by atoms with van der Waals surface area (Å²) in [5.41, 5.74) is 6.11. The first-order chi connectivity index (χ1) is 9.13. The minimum Gasteiger partial charge on any atom is -0.379 e. The van der Waals surface area contributed by atoms with E-state index in [0.717, 1.165) is 25.7 Å². The summed E-state index contributed by atoms with van der Waals surface area (Å²) in [6.07, 6.45) is 2.64. The first kappa shape index (κ1) is 13.1. The van der Waals surface area contributed by atoms with E-state index < -0.39 is 0 Å². The number of benzene rings is 1. The summed E-state index contributed by atoms with van der Waals surface area (Å²) in [7, 11) is 0. The summed E-state index contributed by atoms with van der Waals surface area (Å²) >= 11 is 0. The van der Waals surface area contributed by atoms with Crippen LogP contribution in [0.4, 0.5) is 0 Å². The molecule has 1 unspecified atom stereocenters. The lowest BCUT2D eigenvalue weighted by Crippen LogP contribution is -2.57. The summed E-state index contributed by atoms with van der Waals surface area (Å²) in [5, 5.41) is 3.57. The van der Waals surface area contributed by atoms with Crippen molar-refractivity contribution >= 4 is 0 Å². The highest BCUT2D eigenvalue weighted by Crippen LogP contribution is 2.45. The van der Waals surface area contributed by atoms with Gasteiger partial charge in [0.25, 0.3) is 0 Å². The third kappa shape index (κ3) is 2.11. The molecule has 0 aliphatic carbocycles. The van der Waals surface area contributed by atoms with Crippen LogP contribution in [-0.2, 0) is 10.2 Å². The minimum atomic E-state index is 0.273. The van der Waals surface area contributed by atoms with Crippen molar-refractivity contribution in [2.75, 3.05) is 26.3 Å². The Balaban J connectivity index is 2.02. The molecule has 0 spiro atoms. The first-order valence-electron chi connectivity index (χ1n) is 7.50. The third-order valence-electron chi connectivity index (χ3n) is 4.97. The molecule has 0 amide bonds. The van der Waals surface area contributed by atoms with Crippen LogP contribution in [0.25, 0.3) is 0 Å². The molecule has 2 saturated heterocycles. The van der Waals surface area contributed by atoms with Gasteiger partial charge in [-0.1, -0.05) is 17.7 Å². The lowest BCUT2D eigenvalue weighted by molar-refractivity contribution is -0.0953. The number of hydrogen-bond acceptors (Lipinski definition) is 2. The van der Waals surface area contributed by atoms with Crippen LogP contribution in [0.15, 0.2) is 12.1 Å². The van der Waals surface area contributed by atoms with E-state index in [-0.39, 0.29) is 5.41 Å². The largest absolute Gasteiger partial charge is 0.379 e. The van der Waals surface area contributed by atoms with E-state index in [1.807, 2.05) is 0 Å². The molecular formula is C17H25NO. The highest BCUT2D eigenvalue weighted by Gasteiger charge is 2.48. The molecule has 19 heavy (non-hydrogen) atoms. The molecule has 2 aliphatic rings. The maximum absolute atomic E-state index is 5.66. The van der Waals surface area contributed by atoms with Crippen LogP contribution in [0, 0.1) is 26.7 Å². The molecule has 104 valence electrons. The fourth-order valence-electron chi connectivity index (χ4n) is 4.19. The zero-order valence-corrected chi connectivity index (χ0v) is 12.4. The standard InChI is InChI=1S/C17H25NO/c1-12-7-13(2)16(14(3)8-12)17(10-19-11-17)15-5-4-6-18-9-15/h7-8,15,18H,4-6,9-11H2,1-3H3. The van der Waals surface area contributed by atoms with E-state index in [2.05, 4.69) is 38.2 Å². The molecule has 1 aromatic rings. The molecule has 2 fully saturated rings. The number of aryl methyl sites for hydroxylation is 3. The minimum absolute atomic E-state index is 0.273. The predicted molar refractivity (Wildman–Crippen MR) is 78.7 cm³/mol. The Morgan fingerprint density at radius 1 is 1.16 bits per heavy atom. The van der Waals surface area contributed by atoms with Crippen LogP contribution in [0.2, 0.25) is 0 Å². The Hall–Kier alpha value is -0.860. The number of ether oxygens (including phenoxy) is 1. The second-order valence-corrected chi connectivity index (χ2v) is 6.47. The van der Waals surface area contributed by atoms with Crippen molar-refractivity contribution in [3.8, 4) is 0 Å². The SMILES string of the molecule is Cc1cc(C)c(C2(C3CCCNC3)COC2)c(C)c1. The van der Waals surface area contributed by atoms with Gasteiger partial charge in [0, 0.05) is 5.41 Å². The molecule has 1 N–H and O–H groups in total. The van der Waals surface area contributed by atoms with E-state index in [4.69, 9.17) is 4.74 Å². The van der Waals surface area contributed by atoms with Gasteiger partial charge >= 0.3 is 0 Å². The zero-order chi connectivity index (χ0) is 13.5. The lowest BCUT2D eigenvalue weighted by atomic mass is 9.64. The molecule has 2 heteroatoms. The van der Waals surface area contributed by atoms with E-state index in [9.17, 15) is 0 Å². The van der Waals surface area contributed by atoms with Gasteiger partial charge in [-0.15, -0.1) is 0 Å². The molecule has 1 atom stereocenters. The van der Waals surface area contributed by atoms with E-state index >= 15 is 0 Å². The fraction of sp³-hybridized carbons (Fsp3) is 0.647. The molecule has 0 radical (unpaired) electrons. The van der Waals surface area contributed by atoms with Gasteiger partial charge in [-0.2, -0.15) is 0 Å². The van der Waals surface area contributed by atoms with Crippen molar-refractivity contribution in [2.45, 2.75) is 39.0 Å². The summed E-state index contributed by atoms with van der Waals surface area (Å²) < 4.78 is 5.66. The smallest absolute Gasteiger partial charge is 0.0589 e. The van der Waals surface area contributed by atoms with Crippen LogP contribution >= 0.6 is 0 Å². The second kappa shape index (κ2) is 4.92. The highest BCUT2D eigenvalue weighted by molar-refractivity contribution is 5.45. The summed E-state index contributed by atoms with van der Waals surface area (Å²) in [6, 6.07) is 4.66. The molecule has 2 aliphatic heterocycles. The number of nitrogens with one attached hydrogen (secondary N) is 1. The Morgan fingerprint density at radius 2 is 1.84 bits per heavy atom. The molecule has 0 aromatic heterocycles. The average molecular weight is 259 g/mol. The van der Waals surface area contributed by atoms with Gasteiger partial charge in [0.2, 0.25) is 0 Å². The van der Waals surface area contributed by atoms with Crippen molar-refractivity contribution in [2.24, 2.45) is 5.92 Å². The summed E-state index contributed by atoms with van der Waals surface area (Å²) in [6.45, 7) is 10.9. The van der Waals surface area contributed by atoms with E-state index in [1.165, 1.54) is 36.1 Å². The lowest BCUT2D eigenvalue weighted by Gasteiger charge is -2.50. The molecule has 2 nitrogen and oxygen atoms in total. The van der Waals surface area contributed by atoms with Gasteiger partial charge in [0.15, 0.2) is 0 Å². The van der Waals surface area contributed by atoms with Crippen molar-refractivity contribution in [3.63, 3.8) is 0 Å². The van der Waals surface area contributed by atoms with Crippen LogP contribution < -0.4 is 5.32 Å². The second-order valence-electron chi connectivity index (χ2n) is 6.47. The number of hydrogen-bond donors (Lipinski definition) is 1. The fourth-order valence-corrected chi connectivity index (χ4v) is 4.19. The topological polar surface area (TPSA) is 21.3 Å². The predicted octanol–water partition coefficient (Wildman–Crippen LogP) is 2.88. The molecule has 2 heterocycles. The normalized spacial score (nSPS) is 25.9. The van der Waals surface area contributed by atoms with Crippen LogP contribution in [0.1, 0.15) is 35.1 Å². The van der Waals surface area contributed by atoms with Crippen molar-refractivity contribution < 1.29 is 4.74 Å². The molecule has 1 aromatic carbocycles. The monoisotopic (exact) mass is 259 g/mol. The number of rotatable bonds is 2. The Labute approximate surface area is 116 Å². The molecule has 0 saturated carbocycles. The maximum atomic E-state index is 5.66. The van der Waals surface area contributed by atoms with Gasteiger partial charge in [-0.3, -0.25) is 0 Å². The van der Waals surface area contributed by atoms with Gasteiger partial charge in [-0.05, 0) is 69.3 Å². The third-order valence-corrected chi connectivity index (χ3v) is 4.97. The molecule has 3 rings (SSSR count). The van der Waals surface area contributed by atoms with E-state index in [1.54, 1.807) is 5.56 Å². The van der Waals surface area contributed by atoms with Gasteiger partial charge in [0.1, 0.15) is 0 Å². The van der Waals surface area contributed by atoms with Crippen molar-refractivity contribution in [1.29, 1.82) is 0 Å². The average Bonchev–Trinajstić information content (AvgIpc) is 2.32.